The molecule has 150 valence electrons. The van der Waals surface area contributed by atoms with Gasteiger partial charge in [0, 0.05) is 31.4 Å². The van der Waals surface area contributed by atoms with Crippen LogP contribution in [-0.4, -0.2) is 27.5 Å². The molecule has 0 spiro atoms. The largest absolute Gasteiger partial charge is 0.457 e. The summed E-state index contributed by atoms with van der Waals surface area (Å²) in [6, 6.07) is 17.9. The molecule has 2 aromatic carbocycles. The zero-order valence-corrected chi connectivity index (χ0v) is 16.5. The Bertz CT molecular complexity index is 1070. The molecule has 1 atom stereocenters. The van der Waals surface area contributed by atoms with Crippen LogP contribution in [0.5, 0.6) is 11.5 Å². The standard InChI is InChI=1S/C23H25N3O3/c1-17-13-26(23(28)24-22(17)27)16-19-11-12-25(15-19)14-18-7-9-21(10-8-18)29-20-5-3-2-4-6-20/h2-10,13,19H,11-12,14-16H2,1H3,(H,24,27,28). The Labute approximate surface area is 169 Å². The van der Waals surface area contributed by atoms with E-state index in [-0.39, 0.29) is 11.2 Å². The Hall–Kier alpha value is -3.12. The third kappa shape index (κ3) is 4.84. The van der Waals surface area contributed by atoms with Gasteiger partial charge in [-0.05, 0) is 55.6 Å². The molecular weight excluding hydrogens is 366 g/mol. The molecule has 1 unspecified atom stereocenters. The minimum absolute atomic E-state index is 0.306. The molecule has 3 aromatic rings. The summed E-state index contributed by atoms with van der Waals surface area (Å²) in [4.78, 5) is 28.3. The quantitative estimate of drug-likeness (QED) is 0.701. The number of H-pyrrole nitrogens is 1. The summed E-state index contributed by atoms with van der Waals surface area (Å²) in [6.07, 6.45) is 2.70. The molecule has 1 saturated heterocycles. The molecular formula is C23H25N3O3. The average molecular weight is 391 g/mol. The van der Waals surface area contributed by atoms with Crippen molar-refractivity contribution >= 4 is 0 Å². The highest BCUT2D eigenvalue weighted by atomic mass is 16.5. The summed E-state index contributed by atoms with van der Waals surface area (Å²) < 4.78 is 7.47. The maximum atomic E-state index is 12.0. The van der Waals surface area contributed by atoms with Crippen molar-refractivity contribution in [2.24, 2.45) is 5.92 Å². The molecule has 0 amide bonds. The number of aromatic nitrogens is 2. The van der Waals surface area contributed by atoms with E-state index in [0.717, 1.165) is 37.6 Å². The summed E-state index contributed by atoms with van der Waals surface area (Å²) in [5.74, 6) is 2.06. The highest BCUT2D eigenvalue weighted by molar-refractivity contribution is 5.33. The number of benzene rings is 2. The summed E-state index contributed by atoms with van der Waals surface area (Å²) in [7, 11) is 0. The number of ether oxygens (including phenoxy) is 1. The van der Waals surface area contributed by atoms with Crippen molar-refractivity contribution in [2.45, 2.75) is 26.4 Å². The summed E-state index contributed by atoms with van der Waals surface area (Å²) in [5, 5.41) is 0. The van der Waals surface area contributed by atoms with Crippen molar-refractivity contribution in [1.82, 2.24) is 14.5 Å². The van der Waals surface area contributed by atoms with Gasteiger partial charge in [-0.1, -0.05) is 30.3 Å². The summed E-state index contributed by atoms with van der Waals surface area (Å²) >= 11 is 0. The molecule has 6 heteroatoms. The fourth-order valence-electron chi connectivity index (χ4n) is 3.78. The molecule has 6 nitrogen and oxygen atoms in total. The first-order chi connectivity index (χ1) is 14.1. The Kier molecular flexibility index (Phi) is 5.62. The van der Waals surface area contributed by atoms with Crippen LogP contribution in [0.1, 0.15) is 17.5 Å². The number of aromatic amines is 1. The van der Waals surface area contributed by atoms with Gasteiger partial charge in [-0.3, -0.25) is 14.7 Å². The van der Waals surface area contributed by atoms with Crippen molar-refractivity contribution in [2.75, 3.05) is 13.1 Å². The first kappa shape index (κ1) is 19.2. The monoisotopic (exact) mass is 391 g/mol. The number of aryl methyl sites for hydroxylation is 1. The normalized spacial score (nSPS) is 16.8. The molecule has 1 aliphatic rings. The second-order valence-electron chi connectivity index (χ2n) is 7.67. The van der Waals surface area contributed by atoms with Crippen LogP contribution in [0.2, 0.25) is 0 Å². The summed E-state index contributed by atoms with van der Waals surface area (Å²) in [6.45, 7) is 5.18. The van der Waals surface area contributed by atoms with Gasteiger partial charge < -0.3 is 9.30 Å². The number of nitrogens with zero attached hydrogens (tertiary/aromatic N) is 2. The lowest BCUT2D eigenvalue weighted by Gasteiger charge is -2.17. The van der Waals surface area contributed by atoms with Gasteiger partial charge in [-0.2, -0.15) is 0 Å². The van der Waals surface area contributed by atoms with E-state index >= 15 is 0 Å². The smallest absolute Gasteiger partial charge is 0.328 e. The number of likely N-dealkylation sites (tertiary alicyclic amines) is 1. The van der Waals surface area contributed by atoms with Crippen LogP contribution < -0.4 is 16.0 Å². The molecule has 1 aliphatic heterocycles. The molecule has 0 radical (unpaired) electrons. The van der Waals surface area contributed by atoms with Crippen LogP contribution >= 0.6 is 0 Å². The lowest BCUT2D eigenvalue weighted by molar-refractivity contribution is 0.308. The van der Waals surface area contributed by atoms with Crippen LogP contribution in [0.25, 0.3) is 0 Å². The third-order valence-electron chi connectivity index (χ3n) is 5.32. The van der Waals surface area contributed by atoms with Gasteiger partial charge in [0.2, 0.25) is 0 Å². The average Bonchev–Trinajstić information content (AvgIpc) is 3.15. The molecule has 1 N–H and O–H groups in total. The molecule has 4 rings (SSSR count). The molecule has 1 aromatic heterocycles. The van der Waals surface area contributed by atoms with E-state index in [1.807, 2.05) is 42.5 Å². The zero-order chi connectivity index (χ0) is 20.2. The Morgan fingerprint density at radius 1 is 1.03 bits per heavy atom. The maximum absolute atomic E-state index is 12.0. The van der Waals surface area contributed by atoms with Gasteiger partial charge in [-0.25, -0.2) is 4.79 Å². The number of hydrogen-bond donors (Lipinski definition) is 1. The van der Waals surface area contributed by atoms with Crippen LogP contribution in [0.3, 0.4) is 0 Å². The van der Waals surface area contributed by atoms with Crippen molar-refractivity contribution in [3.05, 3.63) is 92.8 Å². The number of para-hydroxylation sites is 1. The van der Waals surface area contributed by atoms with E-state index in [0.29, 0.717) is 18.0 Å². The topological polar surface area (TPSA) is 67.3 Å². The van der Waals surface area contributed by atoms with Gasteiger partial charge in [0.05, 0.1) is 0 Å². The molecule has 1 fully saturated rings. The third-order valence-corrected chi connectivity index (χ3v) is 5.32. The molecule has 0 bridgehead atoms. The lowest BCUT2D eigenvalue weighted by Crippen LogP contribution is -2.33. The minimum Gasteiger partial charge on any atom is -0.457 e. The maximum Gasteiger partial charge on any atom is 0.328 e. The van der Waals surface area contributed by atoms with Crippen LogP contribution in [0, 0.1) is 12.8 Å². The van der Waals surface area contributed by atoms with Crippen LogP contribution in [0.4, 0.5) is 0 Å². The first-order valence-electron chi connectivity index (χ1n) is 9.91. The highest BCUT2D eigenvalue weighted by Gasteiger charge is 2.23. The zero-order valence-electron chi connectivity index (χ0n) is 16.5. The van der Waals surface area contributed by atoms with Gasteiger partial charge in [0.25, 0.3) is 5.56 Å². The Morgan fingerprint density at radius 3 is 2.52 bits per heavy atom. The van der Waals surface area contributed by atoms with Gasteiger partial charge in [0.15, 0.2) is 0 Å². The van der Waals surface area contributed by atoms with E-state index in [1.165, 1.54) is 5.56 Å². The van der Waals surface area contributed by atoms with Crippen molar-refractivity contribution in [1.29, 1.82) is 0 Å². The highest BCUT2D eigenvalue weighted by Crippen LogP contribution is 2.23. The SMILES string of the molecule is Cc1cn(CC2CCN(Cc3ccc(Oc4ccccc4)cc3)C2)c(=O)[nH]c1=O. The van der Waals surface area contributed by atoms with E-state index in [9.17, 15) is 9.59 Å². The fourth-order valence-corrected chi connectivity index (χ4v) is 3.78. The molecule has 0 aliphatic carbocycles. The minimum atomic E-state index is -0.326. The van der Waals surface area contributed by atoms with Crippen molar-refractivity contribution in [3.8, 4) is 11.5 Å². The van der Waals surface area contributed by atoms with Crippen LogP contribution in [0.15, 0.2) is 70.4 Å². The number of nitrogens with one attached hydrogen (secondary N) is 1. The Morgan fingerprint density at radius 2 is 1.76 bits per heavy atom. The van der Waals surface area contributed by atoms with E-state index in [4.69, 9.17) is 4.74 Å². The lowest BCUT2D eigenvalue weighted by atomic mass is 10.1. The van der Waals surface area contributed by atoms with Crippen molar-refractivity contribution < 1.29 is 4.74 Å². The predicted octanol–water partition coefficient (Wildman–Crippen LogP) is 3.16. The van der Waals surface area contributed by atoms with Crippen LogP contribution in [-0.2, 0) is 13.1 Å². The molecule has 0 saturated carbocycles. The van der Waals surface area contributed by atoms with E-state index in [2.05, 4.69) is 22.0 Å². The molecule has 2 heterocycles. The number of hydrogen-bond acceptors (Lipinski definition) is 4. The van der Waals surface area contributed by atoms with Gasteiger partial charge in [0.1, 0.15) is 11.5 Å². The first-order valence-corrected chi connectivity index (χ1v) is 9.91. The second kappa shape index (κ2) is 8.49. The van der Waals surface area contributed by atoms with E-state index < -0.39 is 0 Å². The predicted molar refractivity (Wildman–Crippen MR) is 112 cm³/mol. The second-order valence-corrected chi connectivity index (χ2v) is 7.67. The van der Waals surface area contributed by atoms with Gasteiger partial charge in [-0.15, -0.1) is 0 Å². The number of rotatable bonds is 6. The fraction of sp³-hybridized carbons (Fsp3) is 0.304. The van der Waals surface area contributed by atoms with Gasteiger partial charge >= 0.3 is 5.69 Å². The molecule has 29 heavy (non-hydrogen) atoms. The van der Waals surface area contributed by atoms with E-state index in [1.54, 1.807) is 17.7 Å². The Balaban J connectivity index is 1.32. The summed E-state index contributed by atoms with van der Waals surface area (Å²) in [5.41, 5.74) is 1.17. The van der Waals surface area contributed by atoms with Crippen molar-refractivity contribution in [3.63, 3.8) is 0 Å².